The van der Waals surface area contributed by atoms with Gasteiger partial charge in [0.2, 0.25) is 15.3 Å². The fraction of sp³-hybridized carbons (Fsp3) is 0.636. The van der Waals surface area contributed by atoms with E-state index >= 15 is 0 Å². The third-order valence-corrected chi connectivity index (χ3v) is 5.06. The molecule has 18 heavy (non-hydrogen) atoms. The Kier molecular flexibility index (Phi) is 4.19. The summed E-state index contributed by atoms with van der Waals surface area (Å²) in [6.07, 6.45) is 6.97. The molecule has 0 spiro atoms. The van der Waals surface area contributed by atoms with Crippen LogP contribution in [-0.2, 0) is 10.0 Å². The smallest absolute Gasteiger partial charge is 0.225 e. The number of aromatic nitrogens is 2. The standard InChI is InChI=1S/C11H16ClN3O2S/c1-8(9-4-2-3-5-9)15-18(16,17)10-6-13-11(12)14-7-10/h6-9,15H,2-5H2,1H3. The van der Waals surface area contributed by atoms with E-state index in [0.29, 0.717) is 5.92 Å². The summed E-state index contributed by atoms with van der Waals surface area (Å²) in [4.78, 5) is 7.42. The van der Waals surface area contributed by atoms with Gasteiger partial charge in [0.05, 0.1) is 12.4 Å². The summed E-state index contributed by atoms with van der Waals surface area (Å²) in [6, 6.07) is -0.0619. The van der Waals surface area contributed by atoms with Gasteiger partial charge < -0.3 is 0 Å². The quantitative estimate of drug-likeness (QED) is 0.861. The summed E-state index contributed by atoms with van der Waals surface area (Å²) >= 11 is 5.53. The molecule has 1 atom stereocenters. The number of sulfonamides is 1. The Bertz CT molecular complexity index is 498. The molecule has 7 heteroatoms. The number of halogens is 1. The summed E-state index contributed by atoms with van der Waals surface area (Å²) in [7, 11) is -3.55. The molecule has 0 amide bonds. The average molecular weight is 290 g/mol. The Balaban J connectivity index is 2.09. The molecule has 5 nitrogen and oxygen atoms in total. The van der Waals surface area contributed by atoms with Crippen molar-refractivity contribution in [3.8, 4) is 0 Å². The number of nitrogens with one attached hydrogen (secondary N) is 1. The van der Waals surface area contributed by atoms with Crippen molar-refractivity contribution in [2.45, 2.75) is 43.5 Å². The minimum Gasteiger partial charge on any atom is -0.225 e. The van der Waals surface area contributed by atoms with Crippen molar-refractivity contribution in [1.82, 2.24) is 14.7 Å². The van der Waals surface area contributed by atoms with Crippen LogP contribution < -0.4 is 4.72 Å². The van der Waals surface area contributed by atoms with Gasteiger partial charge in [0.1, 0.15) is 4.90 Å². The van der Waals surface area contributed by atoms with Crippen LogP contribution in [0.2, 0.25) is 5.28 Å². The highest BCUT2D eigenvalue weighted by atomic mass is 35.5. The molecule has 2 rings (SSSR count). The third-order valence-electron chi connectivity index (χ3n) is 3.35. The Labute approximate surface area is 112 Å². The summed E-state index contributed by atoms with van der Waals surface area (Å²) in [6.45, 7) is 1.91. The molecule has 100 valence electrons. The minimum absolute atomic E-state index is 0.0396. The molecule has 1 heterocycles. The van der Waals surface area contributed by atoms with E-state index in [-0.39, 0.29) is 16.2 Å². The van der Waals surface area contributed by atoms with Crippen LogP contribution in [0.5, 0.6) is 0 Å². The summed E-state index contributed by atoms with van der Waals surface area (Å²) in [5.74, 6) is 0.424. The Morgan fingerprint density at radius 2 is 1.89 bits per heavy atom. The second-order valence-electron chi connectivity index (χ2n) is 4.64. The Morgan fingerprint density at radius 3 is 2.44 bits per heavy atom. The minimum atomic E-state index is -3.55. The fourth-order valence-electron chi connectivity index (χ4n) is 2.31. The van der Waals surface area contributed by atoms with E-state index in [4.69, 9.17) is 11.6 Å². The predicted octanol–water partition coefficient (Wildman–Crippen LogP) is 1.99. The maximum atomic E-state index is 12.1. The van der Waals surface area contributed by atoms with Gasteiger partial charge >= 0.3 is 0 Å². The molecule has 1 aliphatic carbocycles. The zero-order valence-electron chi connectivity index (χ0n) is 10.1. The Hall–Kier alpha value is -0.720. The highest BCUT2D eigenvalue weighted by Crippen LogP contribution is 2.28. The van der Waals surface area contributed by atoms with Crippen LogP contribution in [0.25, 0.3) is 0 Å². The first-order valence-corrected chi connectivity index (χ1v) is 7.85. The molecular weight excluding hydrogens is 274 g/mol. The molecule has 0 bridgehead atoms. The molecule has 0 radical (unpaired) electrons. The highest BCUT2D eigenvalue weighted by Gasteiger charge is 2.26. The van der Waals surface area contributed by atoms with Gasteiger partial charge in [0, 0.05) is 6.04 Å². The first-order valence-electron chi connectivity index (χ1n) is 5.99. The molecule has 1 aliphatic rings. The lowest BCUT2D eigenvalue weighted by molar-refractivity contribution is 0.424. The number of hydrogen-bond donors (Lipinski definition) is 1. The van der Waals surface area contributed by atoms with Crippen LogP contribution in [0.1, 0.15) is 32.6 Å². The van der Waals surface area contributed by atoms with Gasteiger partial charge in [-0.05, 0) is 37.3 Å². The summed E-state index contributed by atoms with van der Waals surface area (Å²) in [5, 5.41) is 0.0396. The number of nitrogens with zero attached hydrogens (tertiary/aromatic N) is 2. The zero-order valence-corrected chi connectivity index (χ0v) is 11.7. The van der Waals surface area contributed by atoms with E-state index in [0.717, 1.165) is 12.8 Å². The SMILES string of the molecule is CC(NS(=O)(=O)c1cnc(Cl)nc1)C1CCCC1. The summed E-state index contributed by atoms with van der Waals surface area (Å²) in [5.41, 5.74) is 0. The molecular formula is C11H16ClN3O2S. The van der Waals surface area contributed by atoms with Crippen molar-refractivity contribution in [2.75, 3.05) is 0 Å². The van der Waals surface area contributed by atoms with Gasteiger partial charge in [-0.25, -0.2) is 23.1 Å². The van der Waals surface area contributed by atoms with E-state index in [2.05, 4.69) is 14.7 Å². The first kappa shape index (κ1) is 13.7. The van der Waals surface area contributed by atoms with Crippen molar-refractivity contribution in [3.05, 3.63) is 17.7 Å². The number of rotatable bonds is 4. The lowest BCUT2D eigenvalue weighted by Gasteiger charge is -2.19. The average Bonchev–Trinajstić information content (AvgIpc) is 2.82. The molecule has 1 aromatic rings. The second kappa shape index (κ2) is 5.50. The van der Waals surface area contributed by atoms with E-state index in [1.807, 2.05) is 6.92 Å². The summed E-state index contributed by atoms with van der Waals surface area (Å²) < 4.78 is 26.8. The normalized spacial score (nSPS) is 19.0. The highest BCUT2D eigenvalue weighted by molar-refractivity contribution is 7.89. The molecule has 1 N–H and O–H groups in total. The molecule has 0 saturated heterocycles. The first-order chi connectivity index (χ1) is 8.49. The van der Waals surface area contributed by atoms with Gasteiger partial charge in [0.25, 0.3) is 0 Å². The van der Waals surface area contributed by atoms with Gasteiger partial charge in [-0.3, -0.25) is 0 Å². The lowest BCUT2D eigenvalue weighted by atomic mass is 10.0. The van der Waals surface area contributed by atoms with Crippen LogP contribution in [-0.4, -0.2) is 24.4 Å². The molecule has 0 aliphatic heterocycles. The van der Waals surface area contributed by atoms with Gasteiger partial charge in [-0.2, -0.15) is 0 Å². The van der Waals surface area contributed by atoms with Gasteiger partial charge in [-0.1, -0.05) is 12.8 Å². The molecule has 1 saturated carbocycles. The lowest BCUT2D eigenvalue weighted by Crippen LogP contribution is -2.37. The van der Waals surface area contributed by atoms with Crippen LogP contribution in [0, 0.1) is 5.92 Å². The number of hydrogen-bond acceptors (Lipinski definition) is 4. The zero-order chi connectivity index (χ0) is 13.2. The van der Waals surface area contributed by atoms with Crippen LogP contribution >= 0.6 is 11.6 Å². The van der Waals surface area contributed by atoms with Crippen molar-refractivity contribution >= 4 is 21.6 Å². The van der Waals surface area contributed by atoms with Gasteiger partial charge in [-0.15, -0.1) is 0 Å². The predicted molar refractivity (Wildman–Crippen MR) is 68.8 cm³/mol. The molecule has 1 unspecified atom stereocenters. The van der Waals surface area contributed by atoms with Crippen molar-refractivity contribution in [2.24, 2.45) is 5.92 Å². The van der Waals surface area contributed by atoms with Crippen molar-refractivity contribution in [3.63, 3.8) is 0 Å². The largest absolute Gasteiger partial charge is 0.243 e. The molecule has 0 aromatic carbocycles. The van der Waals surface area contributed by atoms with E-state index in [1.54, 1.807) is 0 Å². The third kappa shape index (κ3) is 3.18. The second-order valence-corrected chi connectivity index (χ2v) is 6.69. The monoisotopic (exact) mass is 289 g/mol. The molecule has 1 aromatic heterocycles. The molecule has 1 fully saturated rings. The fourth-order valence-corrected chi connectivity index (χ4v) is 3.60. The Morgan fingerprint density at radius 1 is 1.33 bits per heavy atom. The topological polar surface area (TPSA) is 72.0 Å². The maximum absolute atomic E-state index is 12.1. The van der Waals surface area contributed by atoms with Crippen LogP contribution in [0.4, 0.5) is 0 Å². The van der Waals surface area contributed by atoms with Gasteiger partial charge in [0.15, 0.2) is 0 Å². The van der Waals surface area contributed by atoms with Crippen LogP contribution in [0.15, 0.2) is 17.3 Å². The van der Waals surface area contributed by atoms with E-state index < -0.39 is 10.0 Å². The van der Waals surface area contributed by atoms with Crippen LogP contribution in [0.3, 0.4) is 0 Å². The maximum Gasteiger partial charge on any atom is 0.243 e. The van der Waals surface area contributed by atoms with Crippen molar-refractivity contribution < 1.29 is 8.42 Å². The van der Waals surface area contributed by atoms with E-state index in [9.17, 15) is 8.42 Å². The van der Waals surface area contributed by atoms with E-state index in [1.165, 1.54) is 25.2 Å². The van der Waals surface area contributed by atoms with Crippen molar-refractivity contribution in [1.29, 1.82) is 0 Å².